The molecule has 6 heteroatoms. The van der Waals surface area contributed by atoms with Gasteiger partial charge in [-0.15, -0.1) is 0 Å². The first kappa shape index (κ1) is 22.0. The van der Waals surface area contributed by atoms with Crippen LogP contribution >= 0.6 is 0 Å². The maximum absolute atomic E-state index is 12.9. The van der Waals surface area contributed by atoms with Gasteiger partial charge in [-0.1, -0.05) is 36.2 Å². The minimum Gasteiger partial charge on any atom is -0.455 e. The minimum atomic E-state index is -0.118. The molecule has 0 radical (unpaired) electrons. The summed E-state index contributed by atoms with van der Waals surface area (Å²) in [5, 5.41) is 7.98. The van der Waals surface area contributed by atoms with E-state index in [1.165, 1.54) is 36.0 Å². The van der Waals surface area contributed by atoms with Crippen molar-refractivity contribution < 1.29 is 9.21 Å². The molecule has 1 fully saturated rings. The van der Waals surface area contributed by atoms with Gasteiger partial charge in [-0.05, 0) is 57.7 Å². The molecule has 1 atom stereocenters. The van der Waals surface area contributed by atoms with E-state index in [9.17, 15) is 4.79 Å². The summed E-state index contributed by atoms with van der Waals surface area (Å²) in [5.74, 6) is 1.20. The van der Waals surface area contributed by atoms with Gasteiger partial charge >= 0.3 is 0 Å². The topological polar surface area (TPSA) is 63.3 Å². The molecule has 174 valence electrons. The Balaban J connectivity index is 1.29. The fraction of sp³-hybridized carbons (Fsp3) is 0.481. The normalized spacial score (nSPS) is 18.1. The number of hydrogen-bond acceptors (Lipinski definition) is 4. The highest BCUT2D eigenvalue weighted by Gasteiger charge is 2.29. The molecular formula is C27H34N4O2. The zero-order chi connectivity index (χ0) is 22.9. The Hall–Kier alpha value is -2.86. The third kappa shape index (κ3) is 4.49. The van der Waals surface area contributed by atoms with Crippen LogP contribution in [0.1, 0.15) is 64.8 Å². The van der Waals surface area contributed by atoms with E-state index in [1.54, 1.807) is 0 Å². The van der Waals surface area contributed by atoms with Gasteiger partial charge in [-0.2, -0.15) is 5.10 Å². The molecule has 0 bridgehead atoms. The number of carbonyl (C=O) groups is 1. The molecule has 1 aliphatic heterocycles. The Labute approximate surface area is 196 Å². The first-order valence-corrected chi connectivity index (χ1v) is 12.3. The summed E-state index contributed by atoms with van der Waals surface area (Å²) >= 11 is 0. The number of aromatic nitrogens is 2. The molecule has 6 nitrogen and oxygen atoms in total. The fourth-order valence-electron chi connectivity index (χ4n) is 5.22. The zero-order valence-electron chi connectivity index (χ0n) is 20.0. The second kappa shape index (κ2) is 9.18. The molecule has 33 heavy (non-hydrogen) atoms. The number of amides is 1. The van der Waals surface area contributed by atoms with Gasteiger partial charge in [0, 0.05) is 42.9 Å². The standard InChI is InChI=1S/C27H34N4O2/c1-18-7-9-21(10-8-18)16-31-17-22-11-12-23-24(25(22)29-31)20(3)26(33-23)27(32)28-13-15-30-14-5-4-6-19(30)2/h7-10,17,19H,4-6,11-16H2,1-3H3,(H,28,32). The number of carbonyl (C=O) groups excluding carboxylic acids is 1. The van der Waals surface area contributed by atoms with Gasteiger partial charge in [0.05, 0.1) is 12.2 Å². The molecule has 1 aliphatic carbocycles. The molecule has 0 spiro atoms. The van der Waals surface area contributed by atoms with Crippen molar-refractivity contribution in [1.82, 2.24) is 20.0 Å². The van der Waals surface area contributed by atoms with Crippen LogP contribution in [0.15, 0.2) is 34.9 Å². The molecule has 1 aromatic carbocycles. The number of furan rings is 1. The van der Waals surface area contributed by atoms with Gasteiger partial charge in [-0.25, -0.2) is 0 Å². The van der Waals surface area contributed by atoms with Crippen LogP contribution in [-0.2, 0) is 19.4 Å². The van der Waals surface area contributed by atoms with Crippen LogP contribution < -0.4 is 5.32 Å². The Bertz CT molecular complexity index is 1140. The van der Waals surface area contributed by atoms with E-state index >= 15 is 0 Å². The molecule has 3 aromatic rings. The van der Waals surface area contributed by atoms with Crippen LogP contribution in [0.3, 0.4) is 0 Å². The number of fused-ring (bicyclic) bond motifs is 3. The average Bonchev–Trinajstić information content (AvgIpc) is 3.36. The van der Waals surface area contributed by atoms with Crippen LogP contribution in [0.2, 0.25) is 0 Å². The summed E-state index contributed by atoms with van der Waals surface area (Å²) in [6.07, 6.45) is 7.64. The van der Waals surface area contributed by atoms with Gasteiger partial charge in [0.1, 0.15) is 5.76 Å². The van der Waals surface area contributed by atoms with Crippen molar-refractivity contribution in [2.45, 2.75) is 65.5 Å². The third-order valence-corrected chi connectivity index (χ3v) is 7.21. The maximum Gasteiger partial charge on any atom is 0.287 e. The molecule has 2 aliphatic rings. The highest BCUT2D eigenvalue weighted by molar-refractivity contribution is 5.95. The predicted octanol–water partition coefficient (Wildman–Crippen LogP) is 4.51. The van der Waals surface area contributed by atoms with Crippen molar-refractivity contribution in [1.29, 1.82) is 0 Å². The minimum absolute atomic E-state index is 0.118. The molecule has 2 aromatic heterocycles. The van der Waals surface area contributed by atoms with Crippen LogP contribution in [0.5, 0.6) is 0 Å². The lowest BCUT2D eigenvalue weighted by Gasteiger charge is -2.33. The van der Waals surface area contributed by atoms with E-state index in [2.05, 4.69) is 54.5 Å². The van der Waals surface area contributed by atoms with Crippen molar-refractivity contribution in [3.8, 4) is 11.3 Å². The van der Waals surface area contributed by atoms with Crippen LogP contribution in [0.25, 0.3) is 11.3 Å². The molecule has 0 saturated carbocycles. The number of benzene rings is 1. The average molecular weight is 447 g/mol. The van der Waals surface area contributed by atoms with Gasteiger partial charge < -0.3 is 9.73 Å². The number of nitrogens with zero attached hydrogens (tertiary/aromatic N) is 3. The van der Waals surface area contributed by atoms with E-state index < -0.39 is 0 Å². The first-order chi connectivity index (χ1) is 16.0. The summed E-state index contributed by atoms with van der Waals surface area (Å²) in [7, 11) is 0. The lowest BCUT2D eigenvalue weighted by atomic mass is 9.93. The molecule has 3 heterocycles. The zero-order valence-corrected chi connectivity index (χ0v) is 20.0. The second-order valence-corrected chi connectivity index (χ2v) is 9.68. The number of piperidine rings is 1. The van der Waals surface area contributed by atoms with Gasteiger partial charge in [0.15, 0.2) is 5.76 Å². The van der Waals surface area contributed by atoms with Crippen LogP contribution in [0.4, 0.5) is 0 Å². The summed E-state index contributed by atoms with van der Waals surface area (Å²) in [5.41, 5.74) is 6.58. The Kier molecular flexibility index (Phi) is 6.11. The van der Waals surface area contributed by atoms with Crippen LogP contribution in [0, 0.1) is 13.8 Å². The largest absolute Gasteiger partial charge is 0.455 e. The molecule has 5 rings (SSSR count). The van der Waals surface area contributed by atoms with E-state index in [0.29, 0.717) is 18.3 Å². The highest BCUT2D eigenvalue weighted by Crippen LogP contribution is 2.38. The number of aryl methyl sites for hydroxylation is 3. The fourth-order valence-corrected chi connectivity index (χ4v) is 5.22. The van der Waals surface area contributed by atoms with Crippen molar-refractivity contribution in [3.63, 3.8) is 0 Å². The Morgan fingerprint density at radius 3 is 2.79 bits per heavy atom. The monoisotopic (exact) mass is 446 g/mol. The van der Waals surface area contributed by atoms with E-state index in [4.69, 9.17) is 9.52 Å². The number of likely N-dealkylation sites (tertiary alicyclic amines) is 1. The predicted molar refractivity (Wildman–Crippen MR) is 130 cm³/mol. The summed E-state index contributed by atoms with van der Waals surface area (Å²) < 4.78 is 8.10. The van der Waals surface area contributed by atoms with Crippen molar-refractivity contribution in [3.05, 3.63) is 64.2 Å². The third-order valence-electron chi connectivity index (χ3n) is 7.21. The van der Waals surface area contributed by atoms with Gasteiger partial charge in [-0.3, -0.25) is 14.4 Å². The molecule has 1 saturated heterocycles. The Morgan fingerprint density at radius 1 is 1.18 bits per heavy atom. The van der Waals surface area contributed by atoms with E-state index in [-0.39, 0.29) is 5.91 Å². The maximum atomic E-state index is 12.9. The second-order valence-electron chi connectivity index (χ2n) is 9.68. The lowest BCUT2D eigenvalue weighted by Crippen LogP contribution is -2.42. The molecule has 1 unspecified atom stereocenters. The van der Waals surface area contributed by atoms with E-state index in [0.717, 1.165) is 55.1 Å². The SMILES string of the molecule is Cc1ccc(Cn2cc3c(n2)-c2c(oc(C(=O)NCCN4CCCCC4C)c2C)CC3)cc1. The molecule has 1 amide bonds. The van der Waals surface area contributed by atoms with Crippen LogP contribution in [-0.4, -0.2) is 46.3 Å². The molecular weight excluding hydrogens is 412 g/mol. The van der Waals surface area contributed by atoms with Crippen molar-refractivity contribution in [2.24, 2.45) is 0 Å². The highest BCUT2D eigenvalue weighted by atomic mass is 16.4. The van der Waals surface area contributed by atoms with E-state index in [1.807, 2.05) is 11.6 Å². The van der Waals surface area contributed by atoms with Gasteiger partial charge in [0.25, 0.3) is 5.91 Å². The summed E-state index contributed by atoms with van der Waals surface area (Å²) in [4.78, 5) is 15.4. The number of rotatable bonds is 6. The number of nitrogens with one attached hydrogen (secondary N) is 1. The quantitative estimate of drug-likeness (QED) is 0.605. The Morgan fingerprint density at radius 2 is 2.00 bits per heavy atom. The van der Waals surface area contributed by atoms with Crippen molar-refractivity contribution >= 4 is 5.91 Å². The summed E-state index contributed by atoms with van der Waals surface area (Å²) in [6, 6.07) is 9.17. The first-order valence-electron chi connectivity index (χ1n) is 12.3. The lowest BCUT2D eigenvalue weighted by molar-refractivity contribution is 0.0908. The number of hydrogen-bond donors (Lipinski definition) is 1. The summed E-state index contributed by atoms with van der Waals surface area (Å²) in [6.45, 7) is 9.76. The smallest absolute Gasteiger partial charge is 0.287 e. The van der Waals surface area contributed by atoms with Crippen molar-refractivity contribution in [2.75, 3.05) is 19.6 Å². The van der Waals surface area contributed by atoms with Gasteiger partial charge in [0.2, 0.25) is 0 Å². The molecule has 1 N–H and O–H groups in total.